The number of aromatic nitrogens is 2. The van der Waals surface area contributed by atoms with Crippen LogP contribution in [0.25, 0.3) is 11.4 Å². The minimum absolute atomic E-state index is 0.123. The topological polar surface area (TPSA) is 57.8 Å². The Morgan fingerprint density at radius 1 is 1.05 bits per heavy atom. The van der Waals surface area contributed by atoms with Crippen LogP contribution in [0.2, 0.25) is 0 Å². The Labute approximate surface area is 116 Å². The maximum atomic E-state index is 12.1. The number of hydrogen-bond donors (Lipinski definition) is 2. The van der Waals surface area contributed by atoms with Crippen molar-refractivity contribution in [3.8, 4) is 11.4 Å². The largest absolute Gasteiger partial charge is 0.345 e. The Bertz CT molecular complexity index is 706. The third-order valence-electron chi connectivity index (χ3n) is 2.93. The smallest absolute Gasteiger partial charge is 0.255 e. The molecule has 0 bridgehead atoms. The van der Waals surface area contributed by atoms with Gasteiger partial charge in [0.15, 0.2) is 0 Å². The SMILES string of the molecule is O=C(Nc1cccc(-c2ncc[nH]2)c1)c1ccccc1. The predicted octanol–water partition coefficient (Wildman–Crippen LogP) is 3.33. The molecule has 0 radical (unpaired) electrons. The van der Waals surface area contributed by atoms with Crippen LogP contribution in [0, 0.1) is 0 Å². The zero-order valence-electron chi connectivity index (χ0n) is 10.7. The minimum atomic E-state index is -0.123. The molecule has 2 aromatic carbocycles. The summed E-state index contributed by atoms with van der Waals surface area (Å²) in [4.78, 5) is 19.3. The Balaban J connectivity index is 1.82. The predicted molar refractivity (Wildman–Crippen MR) is 78.4 cm³/mol. The van der Waals surface area contributed by atoms with Gasteiger partial charge in [0.2, 0.25) is 0 Å². The van der Waals surface area contributed by atoms with Crippen LogP contribution < -0.4 is 5.32 Å². The zero-order valence-corrected chi connectivity index (χ0v) is 10.7. The van der Waals surface area contributed by atoms with Gasteiger partial charge >= 0.3 is 0 Å². The van der Waals surface area contributed by atoms with Crippen LogP contribution in [-0.2, 0) is 0 Å². The van der Waals surface area contributed by atoms with Gasteiger partial charge in [-0.15, -0.1) is 0 Å². The summed E-state index contributed by atoms with van der Waals surface area (Å²) in [6.45, 7) is 0. The number of imidazole rings is 1. The normalized spacial score (nSPS) is 10.2. The van der Waals surface area contributed by atoms with Gasteiger partial charge in [-0.2, -0.15) is 0 Å². The molecule has 0 spiro atoms. The van der Waals surface area contributed by atoms with Crippen molar-refractivity contribution >= 4 is 11.6 Å². The summed E-state index contributed by atoms with van der Waals surface area (Å²) in [7, 11) is 0. The van der Waals surface area contributed by atoms with E-state index in [0.717, 1.165) is 17.1 Å². The van der Waals surface area contributed by atoms with Crippen LogP contribution in [0.15, 0.2) is 67.0 Å². The van der Waals surface area contributed by atoms with Gasteiger partial charge in [-0.05, 0) is 24.3 Å². The highest BCUT2D eigenvalue weighted by atomic mass is 16.1. The first-order valence-corrected chi connectivity index (χ1v) is 6.29. The van der Waals surface area contributed by atoms with E-state index in [1.54, 1.807) is 24.5 Å². The lowest BCUT2D eigenvalue weighted by atomic mass is 10.1. The summed E-state index contributed by atoms with van der Waals surface area (Å²) in [5.74, 6) is 0.656. The Kier molecular flexibility index (Phi) is 3.29. The second-order valence-electron chi connectivity index (χ2n) is 4.34. The molecule has 1 heterocycles. The molecule has 0 aliphatic heterocycles. The van der Waals surface area contributed by atoms with Crippen LogP contribution in [0.4, 0.5) is 5.69 Å². The summed E-state index contributed by atoms with van der Waals surface area (Å²) in [5, 5.41) is 2.88. The molecule has 0 atom stereocenters. The van der Waals surface area contributed by atoms with Crippen molar-refractivity contribution in [1.29, 1.82) is 0 Å². The first-order valence-electron chi connectivity index (χ1n) is 6.29. The molecule has 1 aromatic heterocycles. The van der Waals surface area contributed by atoms with Gasteiger partial charge < -0.3 is 10.3 Å². The van der Waals surface area contributed by atoms with Crippen molar-refractivity contribution in [2.24, 2.45) is 0 Å². The molecule has 98 valence electrons. The number of nitrogens with zero attached hydrogens (tertiary/aromatic N) is 1. The average molecular weight is 263 g/mol. The quantitative estimate of drug-likeness (QED) is 0.761. The fourth-order valence-electron chi connectivity index (χ4n) is 1.96. The monoisotopic (exact) mass is 263 g/mol. The molecule has 0 aliphatic carbocycles. The maximum absolute atomic E-state index is 12.1. The van der Waals surface area contributed by atoms with E-state index in [-0.39, 0.29) is 5.91 Å². The first-order chi connectivity index (χ1) is 9.83. The second kappa shape index (κ2) is 5.40. The minimum Gasteiger partial charge on any atom is -0.345 e. The zero-order chi connectivity index (χ0) is 13.8. The molecule has 0 saturated carbocycles. The summed E-state index contributed by atoms with van der Waals surface area (Å²) in [5.41, 5.74) is 2.31. The average Bonchev–Trinajstić information content (AvgIpc) is 3.03. The van der Waals surface area contributed by atoms with E-state index in [1.807, 2.05) is 42.5 Å². The molecule has 20 heavy (non-hydrogen) atoms. The van der Waals surface area contributed by atoms with Crippen LogP contribution in [0.5, 0.6) is 0 Å². The van der Waals surface area contributed by atoms with Gasteiger partial charge in [0.25, 0.3) is 5.91 Å². The second-order valence-corrected chi connectivity index (χ2v) is 4.34. The molecule has 0 aliphatic rings. The van der Waals surface area contributed by atoms with Crippen LogP contribution in [0.3, 0.4) is 0 Å². The van der Waals surface area contributed by atoms with Crippen LogP contribution in [0.1, 0.15) is 10.4 Å². The number of carbonyl (C=O) groups is 1. The highest BCUT2D eigenvalue weighted by molar-refractivity contribution is 6.04. The van der Waals surface area contributed by atoms with E-state index >= 15 is 0 Å². The van der Waals surface area contributed by atoms with E-state index in [0.29, 0.717) is 5.56 Å². The van der Waals surface area contributed by atoms with Crippen molar-refractivity contribution in [2.45, 2.75) is 0 Å². The molecule has 3 aromatic rings. The van der Waals surface area contributed by atoms with Crippen molar-refractivity contribution in [3.63, 3.8) is 0 Å². The van der Waals surface area contributed by atoms with Crippen molar-refractivity contribution < 1.29 is 4.79 Å². The van der Waals surface area contributed by atoms with Crippen LogP contribution >= 0.6 is 0 Å². The van der Waals surface area contributed by atoms with Crippen LogP contribution in [-0.4, -0.2) is 15.9 Å². The molecule has 4 nitrogen and oxygen atoms in total. The highest BCUT2D eigenvalue weighted by Crippen LogP contribution is 2.19. The lowest BCUT2D eigenvalue weighted by Gasteiger charge is -2.06. The van der Waals surface area contributed by atoms with Gasteiger partial charge in [0, 0.05) is 29.2 Å². The molecule has 0 fully saturated rings. The third kappa shape index (κ3) is 2.59. The number of nitrogens with one attached hydrogen (secondary N) is 2. The Morgan fingerprint density at radius 3 is 2.65 bits per heavy atom. The summed E-state index contributed by atoms with van der Waals surface area (Å²) in [6.07, 6.45) is 3.47. The summed E-state index contributed by atoms with van der Waals surface area (Å²) < 4.78 is 0. The van der Waals surface area contributed by atoms with Gasteiger partial charge in [-0.25, -0.2) is 4.98 Å². The number of carbonyl (C=O) groups excluding carboxylic acids is 1. The summed E-state index contributed by atoms with van der Waals surface area (Å²) in [6, 6.07) is 16.7. The van der Waals surface area contributed by atoms with Gasteiger partial charge in [-0.1, -0.05) is 30.3 Å². The van der Waals surface area contributed by atoms with E-state index < -0.39 is 0 Å². The molecule has 4 heteroatoms. The molecule has 3 rings (SSSR count). The fourth-order valence-corrected chi connectivity index (χ4v) is 1.96. The highest BCUT2D eigenvalue weighted by Gasteiger charge is 2.06. The summed E-state index contributed by atoms with van der Waals surface area (Å²) >= 11 is 0. The molecule has 0 saturated heterocycles. The number of hydrogen-bond acceptors (Lipinski definition) is 2. The van der Waals surface area contributed by atoms with Gasteiger partial charge in [0.1, 0.15) is 5.82 Å². The van der Waals surface area contributed by atoms with Crippen molar-refractivity contribution in [3.05, 3.63) is 72.6 Å². The van der Waals surface area contributed by atoms with Gasteiger partial charge in [-0.3, -0.25) is 4.79 Å². The Hall–Kier alpha value is -2.88. The molecular formula is C16H13N3O. The standard InChI is InChI=1S/C16H13N3O/c20-16(12-5-2-1-3-6-12)19-14-8-4-7-13(11-14)15-17-9-10-18-15/h1-11H,(H,17,18)(H,19,20). The number of H-pyrrole nitrogens is 1. The maximum Gasteiger partial charge on any atom is 0.255 e. The van der Waals surface area contributed by atoms with Crippen molar-refractivity contribution in [1.82, 2.24) is 9.97 Å². The van der Waals surface area contributed by atoms with E-state index in [1.165, 1.54) is 0 Å². The Morgan fingerprint density at radius 2 is 1.90 bits per heavy atom. The number of aromatic amines is 1. The molecule has 0 unspecified atom stereocenters. The molecule has 2 N–H and O–H groups in total. The van der Waals surface area contributed by atoms with E-state index in [4.69, 9.17) is 0 Å². The van der Waals surface area contributed by atoms with Crippen molar-refractivity contribution in [2.75, 3.05) is 5.32 Å². The first kappa shape index (κ1) is 12.2. The number of anilines is 1. The van der Waals surface area contributed by atoms with E-state index in [2.05, 4.69) is 15.3 Å². The van der Waals surface area contributed by atoms with Gasteiger partial charge in [0.05, 0.1) is 0 Å². The fraction of sp³-hybridized carbons (Fsp3) is 0. The number of benzene rings is 2. The lowest BCUT2D eigenvalue weighted by Crippen LogP contribution is -2.11. The third-order valence-corrected chi connectivity index (χ3v) is 2.93. The number of rotatable bonds is 3. The lowest BCUT2D eigenvalue weighted by molar-refractivity contribution is 0.102. The number of amides is 1. The molecular weight excluding hydrogens is 250 g/mol. The molecule has 1 amide bonds. The van der Waals surface area contributed by atoms with E-state index in [9.17, 15) is 4.79 Å².